The van der Waals surface area contributed by atoms with Gasteiger partial charge in [0.1, 0.15) is 12.6 Å². The minimum Gasteiger partial charge on any atom is -0.350 e. The van der Waals surface area contributed by atoms with Crippen LogP contribution in [0.4, 0.5) is 5.69 Å². The number of sulfonamides is 1. The van der Waals surface area contributed by atoms with Gasteiger partial charge in [0.05, 0.1) is 10.6 Å². The van der Waals surface area contributed by atoms with Gasteiger partial charge in [-0.05, 0) is 94.1 Å². The van der Waals surface area contributed by atoms with E-state index >= 15 is 0 Å². The van der Waals surface area contributed by atoms with Gasteiger partial charge in [0.25, 0.3) is 10.0 Å². The Morgan fingerprint density at radius 3 is 2.02 bits per heavy atom. The molecule has 0 fully saturated rings. The first-order valence-corrected chi connectivity index (χ1v) is 17.0. The highest BCUT2D eigenvalue weighted by Crippen LogP contribution is 2.29. The molecule has 0 aliphatic rings. The summed E-state index contributed by atoms with van der Waals surface area (Å²) in [6.07, 6.45) is 0.232. The number of carbonyl (C=O) groups excluding carboxylic acids is 2. The van der Waals surface area contributed by atoms with E-state index in [1.165, 1.54) is 9.21 Å². The molecular formula is C37H42ClN3O4S. The molecule has 9 heteroatoms. The Morgan fingerprint density at radius 2 is 1.41 bits per heavy atom. The van der Waals surface area contributed by atoms with E-state index in [2.05, 4.69) is 5.32 Å². The van der Waals surface area contributed by atoms with Gasteiger partial charge in [-0.25, -0.2) is 8.42 Å². The molecule has 0 saturated carbocycles. The molecule has 0 bridgehead atoms. The Morgan fingerprint density at radius 1 is 0.804 bits per heavy atom. The third-order valence-corrected chi connectivity index (χ3v) is 9.58. The van der Waals surface area contributed by atoms with Crippen molar-refractivity contribution in [1.82, 2.24) is 10.2 Å². The zero-order valence-corrected chi connectivity index (χ0v) is 28.8. The number of carbonyl (C=O) groups is 2. The maximum atomic E-state index is 14.6. The van der Waals surface area contributed by atoms with Crippen molar-refractivity contribution in [2.45, 2.75) is 71.0 Å². The number of nitrogens with one attached hydrogen (secondary N) is 1. The van der Waals surface area contributed by atoms with Gasteiger partial charge >= 0.3 is 0 Å². The van der Waals surface area contributed by atoms with E-state index in [0.717, 1.165) is 22.3 Å². The third-order valence-electron chi connectivity index (χ3n) is 7.56. The molecular weight excluding hydrogens is 618 g/mol. The van der Waals surface area contributed by atoms with Gasteiger partial charge in [0.15, 0.2) is 0 Å². The number of anilines is 1. The lowest BCUT2D eigenvalue weighted by Crippen LogP contribution is -2.56. The molecule has 7 nitrogen and oxygen atoms in total. The van der Waals surface area contributed by atoms with Crippen molar-refractivity contribution in [3.05, 3.63) is 130 Å². The number of hydrogen-bond donors (Lipinski definition) is 1. The smallest absolute Gasteiger partial charge is 0.264 e. The van der Waals surface area contributed by atoms with Crippen LogP contribution in [0, 0.1) is 20.8 Å². The van der Waals surface area contributed by atoms with Crippen LogP contribution in [0.5, 0.6) is 0 Å². The summed E-state index contributed by atoms with van der Waals surface area (Å²) >= 11 is 6.17. The topological polar surface area (TPSA) is 86.8 Å². The van der Waals surface area contributed by atoms with Gasteiger partial charge in [0, 0.05) is 23.5 Å². The number of aryl methyl sites for hydroxylation is 3. The van der Waals surface area contributed by atoms with E-state index < -0.39 is 34.1 Å². The quantitative estimate of drug-likeness (QED) is 0.188. The fraction of sp³-hybridized carbons (Fsp3) is 0.297. The first kappa shape index (κ1) is 34.7. The summed E-state index contributed by atoms with van der Waals surface area (Å²) in [5.74, 6) is -0.852. The lowest BCUT2D eigenvalue weighted by atomic mass is 10.0. The van der Waals surface area contributed by atoms with E-state index in [0.29, 0.717) is 16.3 Å². The van der Waals surface area contributed by atoms with E-state index in [4.69, 9.17) is 11.6 Å². The molecule has 4 rings (SSSR count). The molecule has 4 aromatic rings. The van der Waals surface area contributed by atoms with Gasteiger partial charge in [-0.1, -0.05) is 83.9 Å². The standard InChI is InChI=1S/C37H42ClN3O4S/c1-26-13-20-32(21-14-26)46(44,45)41(33-22-27(2)12-15-28(33)3)25-35(42)40(24-30-16-18-31(38)19-17-30)34(36(43)39-37(4,5)6)23-29-10-8-7-9-11-29/h7-22,34H,23-25H2,1-6H3,(H,39,43)/t34-/m1/s1. The number of benzene rings is 4. The number of rotatable bonds is 11. The van der Waals surface area contributed by atoms with Gasteiger partial charge in [-0.15, -0.1) is 0 Å². The van der Waals surface area contributed by atoms with Gasteiger partial charge < -0.3 is 10.2 Å². The van der Waals surface area contributed by atoms with Gasteiger partial charge in [-0.3, -0.25) is 13.9 Å². The first-order chi connectivity index (χ1) is 21.6. The zero-order valence-electron chi connectivity index (χ0n) is 27.2. The highest BCUT2D eigenvalue weighted by atomic mass is 35.5. The molecule has 4 aromatic carbocycles. The third kappa shape index (κ3) is 8.98. The molecule has 1 N–H and O–H groups in total. The number of amides is 2. The molecule has 0 aliphatic heterocycles. The Balaban J connectivity index is 1.84. The molecule has 0 saturated heterocycles. The predicted octanol–water partition coefficient (Wildman–Crippen LogP) is 7.02. The average molecular weight is 660 g/mol. The highest BCUT2D eigenvalue weighted by Gasteiger charge is 2.36. The maximum absolute atomic E-state index is 14.6. The highest BCUT2D eigenvalue weighted by molar-refractivity contribution is 7.92. The monoisotopic (exact) mass is 659 g/mol. The second-order valence-electron chi connectivity index (χ2n) is 12.7. The molecule has 0 heterocycles. The van der Waals surface area contributed by atoms with Crippen LogP contribution < -0.4 is 9.62 Å². The summed E-state index contributed by atoms with van der Waals surface area (Å²) in [6.45, 7) is 10.8. The molecule has 1 atom stereocenters. The summed E-state index contributed by atoms with van der Waals surface area (Å²) in [4.78, 5) is 30.2. The lowest BCUT2D eigenvalue weighted by Gasteiger charge is -2.35. The number of nitrogens with zero attached hydrogens (tertiary/aromatic N) is 2. The molecule has 0 aliphatic carbocycles. The second-order valence-corrected chi connectivity index (χ2v) is 15.0. The number of halogens is 1. The minimum absolute atomic E-state index is 0.0658. The molecule has 0 aromatic heterocycles. The van der Waals surface area contributed by atoms with Crippen molar-refractivity contribution >= 4 is 39.1 Å². The summed E-state index contributed by atoms with van der Waals surface area (Å²) in [5, 5.41) is 3.59. The summed E-state index contributed by atoms with van der Waals surface area (Å²) in [7, 11) is -4.18. The van der Waals surface area contributed by atoms with Crippen molar-refractivity contribution in [2.75, 3.05) is 10.8 Å². The predicted molar refractivity (Wildman–Crippen MR) is 185 cm³/mol. The first-order valence-electron chi connectivity index (χ1n) is 15.2. The number of hydrogen-bond acceptors (Lipinski definition) is 4. The maximum Gasteiger partial charge on any atom is 0.264 e. The average Bonchev–Trinajstić information content (AvgIpc) is 2.99. The zero-order chi connectivity index (χ0) is 33.6. The SMILES string of the molecule is Cc1ccc(S(=O)(=O)N(CC(=O)N(Cc2ccc(Cl)cc2)[C@H](Cc2ccccc2)C(=O)NC(C)(C)C)c2cc(C)ccc2C)cc1. The Bertz CT molecular complexity index is 1770. The summed E-state index contributed by atoms with van der Waals surface area (Å²) in [5.41, 5.74) is 3.91. The summed E-state index contributed by atoms with van der Waals surface area (Å²) in [6, 6.07) is 27.7. The van der Waals surface area contributed by atoms with Crippen LogP contribution in [0.25, 0.3) is 0 Å². The van der Waals surface area contributed by atoms with E-state index in [-0.39, 0.29) is 23.8 Å². The van der Waals surface area contributed by atoms with Crippen molar-refractivity contribution in [3.8, 4) is 0 Å². The van der Waals surface area contributed by atoms with Crippen LogP contribution in [0.1, 0.15) is 48.6 Å². The Kier molecular flexibility index (Phi) is 11.0. The van der Waals surface area contributed by atoms with Crippen molar-refractivity contribution in [2.24, 2.45) is 0 Å². The molecule has 242 valence electrons. The van der Waals surface area contributed by atoms with E-state index in [9.17, 15) is 18.0 Å². The van der Waals surface area contributed by atoms with Crippen molar-refractivity contribution in [1.29, 1.82) is 0 Å². The van der Waals surface area contributed by atoms with Crippen LogP contribution in [-0.4, -0.2) is 43.3 Å². The van der Waals surface area contributed by atoms with E-state index in [1.54, 1.807) is 54.6 Å². The largest absolute Gasteiger partial charge is 0.350 e. The van der Waals surface area contributed by atoms with Crippen LogP contribution in [0.3, 0.4) is 0 Å². The lowest BCUT2D eigenvalue weighted by molar-refractivity contribution is -0.140. The fourth-order valence-electron chi connectivity index (χ4n) is 5.13. The Labute approximate surface area is 278 Å². The van der Waals surface area contributed by atoms with Crippen LogP contribution >= 0.6 is 11.6 Å². The van der Waals surface area contributed by atoms with Gasteiger partial charge in [-0.2, -0.15) is 0 Å². The van der Waals surface area contributed by atoms with Crippen LogP contribution in [0.2, 0.25) is 5.02 Å². The molecule has 0 radical (unpaired) electrons. The molecule has 46 heavy (non-hydrogen) atoms. The van der Waals surface area contributed by atoms with Crippen molar-refractivity contribution in [3.63, 3.8) is 0 Å². The van der Waals surface area contributed by atoms with Crippen LogP contribution in [0.15, 0.2) is 102 Å². The Hall–Kier alpha value is -4.14. The normalized spacial score (nSPS) is 12.3. The summed E-state index contributed by atoms with van der Waals surface area (Å²) < 4.78 is 29.8. The van der Waals surface area contributed by atoms with Crippen LogP contribution in [-0.2, 0) is 32.6 Å². The molecule has 0 spiro atoms. The second kappa shape index (κ2) is 14.5. The minimum atomic E-state index is -4.18. The fourth-order valence-corrected chi connectivity index (χ4v) is 6.73. The molecule has 0 unspecified atom stereocenters. The van der Waals surface area contributed by atoms with Crippen molar-refractivity contribution < 1.29 is 18.0 Å². The van der Waals surface area contributed by atoms with Gasteiger partial charge in [0.2, 0.25) is 11.8 Å². The van der Waals surface area contributed by atoms with E-state index in [1.807, 2.05) is 84.0 Å². The molecule has 2 amide bonds.